The first-order chi connectivity index (χ1) is 6.14. The normalized spacial score (nSPS) is 17.1. The van der Waals surface area contributed by atoms with Crippen molar-refractivity contribution in [1.82, 2.24) is 0 Å². The summed E-state index contributed by atoms with van der Waals surface area (Å²) in [5.74, 6) is 0. The van der Waals surface area contributed by atoms with Gasteiger partial charge < -0.3 is 10.2 Å². The molecule has 2 radical (unpaired) electrons. The summed E-state index contributed by atoms with van der Waals surface area (Å²) in [6, 6.07) is 0. The smallest absolute Gasteiger partial charge is 0.107 e. The minimum absolute atomic E-state index is 1.01. The second kappa shape index (κ2) is 4.99. The second-order valence-corrected chi connectivity index (χ2v) is 4.79. The Labute approximate surface area is 88.4 Å². The number of aliphatic hydroxyl groups is 2. The van der Waals surface area contributed by atoms with Crippen LogP contribution in [-0.4, -0.2) is 29.3 Å². The van der Waals surface area contributed by atoms with Gasteiger partial charge in [0.2, 0.25) is 0 Å². The molecule has 0 heterocycles. The monoisotopic (exact) mass is 196 g/mol. The average molecular weight is 196 g/mol. The van der Waals surface area contributed by atoms with Gasteiger partial charge in [-0.25, -0.2) is 0 Å². The largest absolute Gasteiger partial charge is 0.387 e. The Balaban J connectivity index is 0.000000249. The summed E-state index contributed by atoms with van der Waals surface area (Å²) < 4.78 is 0. The number of rotatable bonds is 1. The Morgan fingerprint density at radius 2 is 1.57 bits per heavy atom. The van der Waals surface area contributed by atoms with Crippen molar-refractivity contribution in [2.24, 2.45) is 0 Å². The SMILES string of the molecule is CC(C)(O)C(C)(C)O.[B]C1=CCCC1. The van der Waals surface area contributed by atoms with E-state index >= 15 is 0 Å². The van der Waals surface area contributed by atoms with Gasteiger partial charge in [-0.2, -0.15) is 0 Å². The lowest BCUT2D eigenvalue weighted by atomic mass is 9.90. The summed E-state index contributed by atoms with van der Waals surface area (Å²) >= 11 is 0. The van der Waals surface area contributed by atoms with Crippen LogP contribution in [0.3, 0.4) is 0 Å². The van der Waals surface area contributed by atoms with E-state index in [-0.39, 0.29) is 0 Å². The Bertz CT molecular complexity index is 184. The average Bonchev–Trinajstić information content (AvgIpc) is 2.35. The van der Waals surface area contributed by atoms with Crippen LogP contribution in [-0.2, 0) is 0 Å². The fraction of sp³-hybridized carbons (Fsp3) is 0.818. The first-order valence-electron chi connectivity index (χ1n) is 5.04. The quantitative estimate of drug-likeness (QED) is 0.627. The lowest BCUT2D eigenvalue weighted by Gasteiger charge is -2.31. The van der Waals surface area contributed by atoms with Crippen LogP contribution in [0, 0.1) is 0 Å². The molecule has 0 aromatic heterocycles. The van der Waals surface area contributed by atoms with E-state index in [9.17, 15) is 0 Å². The van der Waals surface area contributed by atoms with Gasteiger partial charge >= 0.3 is 0 Å². The van der Waals surface area contributed by atoms with Crippen LogP contribution in [0.5, 0.6) is 0 Å². The fourth-order valence-electron chi connectivity index (χ4n) is 0.696. The zero-order chi connectivity index (χ0) is 11.4. The van der Waals surface area contributed by atoms with Gasteiger partial charge in [0.15, 0.2) is 0 Å². The third-order valence-corrected chi connectivity index (χ3v) is 2.57. The molecule has 80 valence electrons. The molecule has 3 heteroatoms. The van der Waals surface area contributed by atoms with E-state index in [1.165, 1.54) is 12.8 Å². The highest BCUT2D eigenvalue weighted by atomic mass is 16.3. The van der Waals surface area contributed by atoms with Crippen LogP contribution in [0.15, 0.2) is 11.5 Å². The molecule has 0 aliphatic heterocycles. The van der Waals surface area contributed by atoms with Crippen molar-refractivity contribution in [3.8, 4) is 0 Å². The molecular weight excluding hydrogens is 175 g/mol. The van der Waals surface area contributed by atoms with Crippen LogP contribution in [0.2, 0.25) is 0 Å². The summed E-state index contributed by atoms with van der Waals surface area (Å²) in [7, 11) is 5.40. The van der Waals surface area contributed by atoms with E-state index in [4.69, 9.17) is 18.1 Å². The molecule has 1 aliphatic rings. The van der Waals surface area contributed by atoms with Gasteiger partial charge in [0.05, 0.1) is 11.2 Å². The van der Waals surface area contributed by atoms with Crippen LogP contribution in [0.1, 0.15) is 47.0 Å². The molecule has 0 aromatic carbocycles. The summed E-state index contributed by atoms with van der Waals surface area (Å²) in [5, 5.41) is 18.2. The van der Waals surface area contributed by atoms with E-state index in [0.717, 1.165) is 11.9 Å². The standard InChI is InChI=1S/C6H14O2.C5H7B/c1-5(2,7)6(3,4)8;6-5-3-1-2-4-5/h7-8H,1-4H3;3H,1-2,4H2. The highest BCUT2D eigenvalue weighted by Crippen LogP contribution is 2.19. The predicted molar refractivity (Wildman–Crippen MR) is 60.3 cm³/mol. The lowest BCUT2D eigenvalue weighted by molar-refractivity contribution is -0.107. The molecule has 0 spiro atoms. The fourth-order valence-corrected chi connectivity index (χ4v) is 0.696. The first-order valence-corrected chi connectivity index (χ1v) is 5.04. The van der Waals surface area contributed by atoms with Gasteiger partial charge in [0.1, 0.15) is 7.85 Å². The van der Waals surface area contributed by atoms with Crippen molar-refractivity contribution in [2.45, 2.75) is 58.2 Å². The highest BCUT2D eigenvalue weighted by Gasteiger charge is 2.31. The van der Waals surface area contributed by atoms with Crippen molar-refractivity contribution in [2.75, 3.05) is 0 Å². The summed E-state index contributed by atoms with van der Waals surface area (Å²) in [6.45, 7) is 6.31. The van der Waals surface area contributed by atoms with Gasteiger partial charge in [-0.3, -0.25) is 0 Å². The molecule has 0 bridgehead atoms. The molecular formula is C11H21BO2. The van der Waals surface area contributed by atoms with E-state index in [0.29, 0.717) is 0 Å². The maximum absolute atomic E-state index is 9.10. The molecule has 1 rings (SSSR count). The maximum Gasteiger partial charge on any atom is 0.107 e. The summed E-state index contributed by atoms with van der Waals surface area (Å²) in [6.07, 6.45) is 5.69. The second-order valence-electron chi connectivity index (χ2n) is 4.79. The van der Waals surface area contributed by atoms with Crippen molar-refractivity contribution in [3.63, 3.8) is 0 Å². The first kappa shape index (κ1) is 13.7. The van der Waals surface area contributed by atoms with Gasteiger partial charge in [-0.15, -0.1) is 5.47 Å². The minimum Gasteiger partial charge on any atom is -0.387 e. The summed E-state index contributed by atoms with van der Waals surface area (Å²) in [5.41, 5.74) is -0.935. The third-order valence-electron chi connectivity index (χ3n) is 2.57. The van der Waals surface area contributed by atoms with Crippen LogP contribution < -0.4 is 0 Å². The molecule has 0 atom stereocenters. The highest BCUT2D eigenvalue weighted by molar-refractivity contribution is 6.21. The Kier molecular flexibility index (Phi) is 4.89. The topological polar surface area (TPSA) is 40.5 Å². The number of allylic oxidation sites excluding steroid dienone is 2. The molecule has 0 saturated heterocycles. The predicted octanol–water partition coefficient (Wildman–Crippen LogP) is 1.75. The number of hydrogen-bond donors (Lipinski definition) is 2. The molecule has 0 aromatic rings. The summed E-state index contributed by atoms with van der Waals surface area (Å²) in [4.78, 5) is 0. The van der Waals surface area contributed by atoms with Crippen molar-refractivity contribution < 1.29 is 10.2 Å². The lowest BCUT2D eigenvalue weighted by Crippen LogP contribution is -2.44. The van der Waals surface area contributed by atoms with Gasteiger partial charge in [0.25, 0.3) is 0 Å². The number of hydrogen-bond acceptors (Lipinski definition) is 2. The minimum atomic E-state index is -1.01. The van der Waals surface area contributed by atoms with Crippen molar-refractivity contribution in [1.29, 1.82) is 0 Å². The van der Waals surface area contributed by atoms with E-state index in [1.807, 2.05) is 0 Å². The maximum atomic E-state index is 9.10. The molecule has 1 aliphatic carbocycles. The third kappa shape index (κ3) is 5.45. The Morgan fingerprint density at radius 3 is 1.64 bits per heavy atom. The van der Waals surface area contributed by atoms with E-state index in [2.05, 4.69) is 6.08 Å². The van der Waals surface area contributed by atoms with Gasteiger partial charge in [-0.1, -0.05) is 6.08 Å². The van der Waals surface area contributed by atoms with Crippen LogP contribution in [0.4, 0.5) is 0 Å². The van der Waals surface area contributed by atoms with Crippen LogP contribution in [0.25, 0.3) is 0 Å². The zero-order valence-electron chi connectivity index (χ0n) is 9.67. The molecule has 2 N–H and O–H groups in total. The molecule has 0 saturated carbocycles. The molecule has 0 fully saturated rings. The van der Waals surface area contributed by atoms with Crippen molar-refractivity contribution >= 4 is 7.85 Å². The van der Waals surface area contributed by atoms with Crippen LogP contribution >= 0.6 is 0 Å². The zero-order valence-corrected chi connectivity index (χ0v) is 9.67. The van der Waals surface area contributed by atoms with E-state index < -0.39 is 11.2 Å². The Hall–Kier alpha value is -0.275. The van der Waals surface area contributed by atoms with E-state index in [1.54, 1.807) is 27.7 Å². The molecule has 14 heavy (non-hydrogen) atoms. The molecule has 2 nitrogen and oxygen atoms in total. The van der Waals surface area contributed by atoms with Gasteiger partial charge in [0, 0.05) is 0 Å². The molecule has 0 unspecified atom stereocenters. The van der Waals surface area contributed by atoms with Gasteiger partial charge in [-0.05, 0) is 47.0 Å². The van der Waals surface area contributed by atoms with Crippen molar-refractivity contribution in [3.05, 3.63) is 11.5 Å². The molecule has 0 amide bonds. The Morgan fingerprint density at radius 1 is 1.14 bits per heavy atom.